The number of benzene rings is 1. The molecule has 0 spiro atoms. The molecule has 4 N–H and O–H groups in total. The van der Waals surface area contributed by atoms with Crippen molar-refractivity contribution in [3.05, 3.63) is 35.4 Å². The Hall–Kier alpha value is -1.59. The topological polar surface area (TPSA) is 84.2 Å². The van der Waals surface area contributed by atoms with Gasteiger partial charge >= 0.3 is 0 Å². The first-order valence-corrected chi connectivity index (χ1v) is 6.49. The first kappa shape index (κ1) is 16.5. The van der Waals surface area contributed by atoms with Crippen LogP contribution in [0.5, 0.6) is 0 Å². The van der Waals surface area contributed by atoms with Crippen molar-refractivity contribution in [2.75, 3.05) is 6.54 Å². The Balaban J connectivity index is 0.00000200. The maximum Gasteiger partial charge on any atom is 0.251 e. The molecule has 0 atom stereocenters. The van der Waals surface area contributed by atoms with Gasteiger partial charge in [-0.1, -0.05) is 12.1 Å². The zero-order chi connectivity index (χ0) is 13.9. The van der Waals surface area contributed by atoms with E-state index in [4.69, 9.17) is 5.73 Å². The Morgan fingerprint density at radius 1 is 1.30 bits per heavy atom. The van der Waals surface area contributed by atoms with Gasteiger partial charge < -0.3 is 16.4 Å². The summed E-state index contributed by atoms with van der Waals surface area (Å²) in [6.07, 6.45) is 1.50. The molecule has 20 heavy (non-hydrogen) atoms. The molecule has 0 unspecified atom stereocenters. The fourth-order valence-electron chi connectivity index (χ4n) is 1.81. The third-order valence-corrected chi connectivity index (χ3v) is 3.22. The molecule has 0 aromatic heterocycles. The minimum Gasteiger partial charge on any atom is -0.352 e. The van der Waals surface area contributed by atoms with Crippen molar-refractivity contribution in [3.8, 4) is 0 Å². The summed E-state index contributed by atoms with van der Waals surface area (Å²) in [5, 5.41) is 5.55. The van der Waals surface area contributed by atoms with Crippen LogP contribution in [0.25, 0.3) is 0 Å². The van der Waals surface area contributed by atoms with E-state index >= 15 is 0 Å². The fourth-order valence-corrected chi connectivity index (χ4v) is 1.81. The molecule has 1 aromatic rings. The van der Waals surface area contributed by atoms with Crippen LogP contribution in [0.15, 0.2) is 24.3 Å². The van der Waals surface area contributed by atoms with Gasteiger partial charge in [0.25, 0.3) is 5.91 Å². The quantitative estimate of drug-likeness (QED) is 0.757. The van der Waals surface area contributed by atoms with Gasteiger partial charge in [0.1, 0.15) is 0 Å². The third-order valence-electron chi connectivity index (χ3n) is 3.22. The Morgan fingerprint density at radius 3 is 2.60 bits per heavy atom. The number of amides is 2. The Labute approximate surface area is 124 Å². The molecule has 1 saturated carbocycles. The summed E-state index contributed by atoms with van der Waals surface area (Å²) < 4.78 is 0. The minimum absolute atomic E-state index is 0. The van der Waals surface area contributed by atoms with E-state index in [2.05, 4.69) is 10.6 Å². The summed E-state index contributed by atoms with van der Waals surface area (Å²) >= 11 is 0. The fraction of sp³-hybridized carbons (Fsp3) is 0.429. The molecule has 0 saturated heterocycles. The van der Waals surface area contributed by atoms with E-state index in [1.54, 1.807) is 18.2 Å². The minimum atomic E-state index is -0.656. The lowest BCUT2D eigenvalue weighted by Crippen LogP contribution is -2.42. The van der Waals surface area contributed by atoms with Crippen LogP contribution >= 0.6 is 12.4 Å². The average molecular weight is 298 g/mol. The average Bonchev–Trinajstić information content (AvgIpc) is 3.16. The molecular formula is C14H20ClN3O2. The highest BCUT2D eigenvalue weighted by Gasteiger charge is 2.45. The lowest BCUT2D eigenvalue weighted by atomic mass is 10.1. The number of carbonyl (C=O) groups excluding carboxylic acids is 2. The van der Waals surface area contributed by atoms with Gasteiger partial charge in [0.2, 0.25) is 5.91 Å². The van der Waals surface area contributed by atoms with E-state index in [1.807, 2.05) is 13.0 Å². The van der Waals surface area contributed by atoms with Crippen molar-refractivity contribution in [3.63, 3.8) is 0 Å². The molecule has 110 valence electrons. The number of nitrogens with one attached hydrogen (secondary N) is 2. The number of nitrogens with two attached hydrogens (primary N) is 1. The van der Waals surface area contributed by atoms with Crippen molar-refractivity contribution < 1.29 is 9.59 Å². The highest BCUT2D eigenvalue weighted by Crippen LogP contribution is 2.32. The summed E-state index contributed by atoms with van der Waals surface area (Å²) in [7, 11) is 0. The maximum atomic E-state index is 11.7. The van der Waals surface area contributed by atoms with Crippen LogP contribution in [-0.2, 0) is 11.3 Å². The third kappa shape index (κ3) is 3.95. The lowest BCUT2D eigenvalue weighted by molar-refractivity contribution is -0.123. The summed E-state index contributed by atoms with van der Waals surface area (Å²) in [4.78, 5) is 23.4. The monoisotopic (exact) mass is 297 g/mol. The summed E-state index contributed by atoms with van der Waals surface area (Å²) in [6.45, 7) is 2.86. The smallest absolute Gasteiger partial charge is 0.251 e. The summed E-state index contributed by atoms with van der Waals surface area (Å²) in [5.74, 6) is -0.218. The van der Waals surface area contributed by atoms with Gasteiger partial charge in [-0.25, -0.2) is 0 Å². The molecule has 6 heteroatoms. The van der Waals surface area contributed by atoms with Crippen molar-refractivity contribution in [2.24, 2.45) is 5.73 Å². The van der Waals surface area contributed by atoms with E-state index < -0.39 is 5.54 Å². The molecule has 1 aromatic carbocycles. The molecule has 0 heterocycles. The van der Waals surface area contributed by atoms with Crippen LogP contribution in [0.2, 0.25) is 0 Å². The molecule has 1 fully saturated rings. The number of hydrogen-bond acceptors (Lipinski definition) is 3. The van der Waals surface area contributed by atoms with Crippen molar-refractivity contribution in [1.82, 2.24) is 10.6 Å². The summed E-state index contributed by atoms with van der Waals surface area (Å²) in [6, 6.07) is 7.21. The van der Waals surface area contributed by atoms with E-state index in [9.17, 15) is 9.59 Å². The molecule has 0 aliphatic heterocycles. The highest BCUT2D eigenvalue weighted by molar-refractivity contribution is 5.94. The number of rotatable bonds is 5. The van der Waals surface area contributed by atoms with Gasteiger partial charge in [0.05, 0.1) is 5.54 Å². The van der Waals surface area contributed by atoms with Gasteiger partial charge in [0.15, 0.2) is 0 Å². The van der Waals surface area contributed by atoms with Crippen molar-refractivity contribution in [1.29, 1.82) is 0 Å². The summed E-state index contributed by atoms with van der Waals surface area (Å²) in [5.41, 5.74) is 6.63. The zero-order valence-corrected chi connectivity index (χ0v) is 12.3. The van der Waals surface area contributed by atoms with E-state index in [0.717, 1.165) is 18.4 Å². The largest absolute Gasteiger partial charge is 0.352 e. The molecular weight excluding hydrogens is 278 g/mol. The van der Waals surface area contributed by atoms with Crippen molar-refractivity contribution >= 4 is 24.2 Å². The first-order chi connectivity index (χ1) is 9.05. The molecule has 1 aliphatic carbocycles. The number of carbonyl (C=O) groups is 2. The van der Waals surface area contributed by atoms with Gasteiger partial charge in [-0.3, -0.25) is 9.59 Å². The molecule has 5 nitrogen and oxygen atoms in total. The maximum absolute atomic E-state index is 11.7. The second-order valence-electron chi connectivity index (χ2n) is 4.90. The predicted molar refractivity (Wildman–Crippen MR) is 79.7 cm³/mol. The van der Waals surface area contributed by atoms with E-state index in [-0.39, 0.29) is 24.2 Å². The van der Waals surface area contributed by atoms with Crippen LogP contribution < -0.4 is 16.4 Å². The zero-order valence-electron chi connectivity index (χ0n) is 11.4. The number of halogens is 1. The Bertz CT molecular complexity index is 501. The second kappa shape index (κ2) is 6.72. The first-order valence-electron chi connectivity index (χ1n) is 6.49. The predicted octanol–water partition coefficient (Wildman–Crippen LogP) is 0.966. The van der Waals surface area contributed by atoms with Crippen molar-refractivity contribution in [2.45, 2.75) is 31.8 Å². The highest BCUT2D eigenvalue weighted by atomic mass is 35.5. The van der Waals surface area contributed by atoms with Gasteiger partial charge in [-0.05, 0) is 37.5 Å². The molecule has 2 amide bonds. The lowest BCUT2D eigenvalue weighted by Gasteiger charge is -2.10. The normalized spacial score (nSPS) is 14.9. The number of hydrogen-bond donors (Lipinski definition) is 3. The van der Waals surface area contributed by atoms with Gasteiger partial charge in [0, 0.05) is 18.7 Å². The Kier molecular flexibility index (Phi) is 5.53. The van der Waals surface area contributed by atoms with Crippen LogP contribution in [0.4, 0.5) is 0 Å². The van der Waals surface area contributed by atoms with Gasteiger partial charge in [-0.2, -0.15) is 0 Å². The standard InChI is InChI=1S/C14H19N3O2.ClH/c1-2-16-12(18)11-5-3-4-10(8-11)9-17-13(19)14(15)6-7-14;/h3-5,8H,2,6-7,9,15H2,1H3,(H,16,18)(H,17,19);1H. The van der Waals surface area contributed by atoms with Crippen LogP contribution in [-0.4, -0.2) is 23.9 Å². The Morgan fingerprint density at radius 2 is 2.00 bits per heavy atom. The van der Waals surface area contributed by atoms with Gasteiger partial charge in [-0.15, -0.1) is 12.4 Å². The van der Waals surface area contributed by atoms with E-state index in [0.29, 0.717) is 18.7 Å². The molecule has 2 rings (SSSR count). The molecule has 0 radical (unpaired) electrons. The van der Waals surface area contributed by atoms with Crippen LogP contribution in [0.3, 0.4) is 0 Å². The van der Waals surface area contributed by atoms with E-state index in [1.165, 1.54) is 0 Å². The molecule has 1 aliphatic rings. The SMILES string of the molecule is CCNC(=O)c1cccc(CNC(=O)C2(N)CC2)c1.Cl. The second-order valence-corrected chi connectivity index (χ2v) is 4.90. The van der Waals surface area contributed by atoms with Crippen LogP contribution in [0, 0.1) is 0 Å². The molecule has 0 bridgehead atoms. The van der Waals surface area contributed by atoms with Crippen LogP contribution in [0.1, 0.15) is 35.7 Å².